The van der Waals surface area contributed by atoms with Crippen LogP contribution in [-0.4, -0.2) is 47.0 Å². The van der Waals surface area contributed by atoms with E-state index in [0.717, 1.165) is 0 Å². The third kappa shape index (κ3) is 2.77. The van der Waals surface area contributed by atoms with E-state index >= 15 is 0 Å². The van der Waals surface area contributed by atoms with Crippen LogP contribution in [0.2, 0.25) is 0 Å². The molecule has 1 aromatic carbocycles. The van der Waals surface area contributed by atoms with Crippen LogP contribution in [0.5, 0.6) is 0 Å². The second-order valence-corrected chi connectivity index (χ2v) is 4.14. The van der Waals surface area contributed by atoms with Crippen LogP contribution in [-0.2, 0) is 4.74 Å². The zero-order chi connectivity index (χ0) is 13.1. The summed E-state index contributed by atoms with van der Waals surface area (Å²) in [5.41, 5.74) is 0.382. The van der Waals surface area contributed by atoms with Crippen LogP contribution in [0.4, 0.5) is 9.18 Å². The number of amides is 1. The number of halogens is 1. The molecule has 0 aliphatic carbocycles. The van der Waals surface area contributed by atoms with Gasteiger partial charge in [-0.1, -0.05) is 12.1 Å². The molecule has 2 rings (SSSR count). The maximum absolute atomic E-state index is 13.0. The molecule has 1 unspecified atom stereocenters. The maximum Gasteiger partial charge on any atom is 0.407 e. The van der Waals surface area contributed by atoms with Crippen molar-refractivity contribution >= 4 is 6.09 Å². The zero-order valence-electron chi connectivity index (χ0n) is 9.62. The molecule has 2 N–H and O–H groups in total. The Balaban J connectivity index is 2.09. The Kier molecular flexibility index (Phi) is 3.78. The van der Waals surface area contributed by atoms with Gasteiger partial charge in [-0.05, 0) is 17.7 Å². The number of hydrogen-bond donors (Lipinski definition) is 2. The summed E-state index contributed by atoms with van der Waals surface area (Å²) in [6.07, 6.45) is -2.76. The lowest BCUT2D eigenvalue weighted by molar-refractivity contribution is -0.0836. The standard InChI is InChI=1S/C12H14FNO4/c13-9-3-1-2-8(6-9)11(15)10-7-14(12(16)17)4-5-18-10/h1-3,6,10-11,15H,4-5,7H2,(H,16,17)/t10-,11?/m0/s1. The van der Waals surface area contributed by atoms with E-state index in [4.69, 9.17) is 9.84 Å². The Morgan fingerprint density at radius 2 is 2.33 bits per heavy atom. The number of rotatable bonds is 2. The number of hydrogen-bond acceptors (Lipinski definition) is 3. The summed E-state index contributed by atoms with van der Waals surface area (Å²) in [7, 11) is 0. The van der Waals surface area contributed by atoms with Gasteiger partial charge < -0.3 is 19.8 Å². The molecular weight excluding hydrogens is 241 g/mol. The maximum atomic E-state index is 13.0. The van der Waals surface area contributed by atoms with Gasteiger partial charge in [-0.25, -0.2) is 9.18 Å². The summed E-state index contributed by atoms with van der Waals surface area (Å²) < 4.78 is 18.4. The van der Waals surface area contributed by atoms with E-state index in [0.29, 0.717) is 5.56 Å². The van der Waals surface area contributed by atoms with Gasteiger partial charge in [0.2, 0.25) is 0 Å². The fraction of sp³-hybridized carbons (Fsp3) is 0.417. The SMILES string of the molecule is O=C(O)N1CCO[C@H](C(O)c2cccc(F)c2)C1. The van der Waals surface area contributed by atoms with Crippen molar-refractivity contribution in [3.63, 3.8) is 0 Å². The lowest BCUT2D eigenvalue weighted by Gasteiger charge is -2.33. The van der Waals surface area contributed by atoms with Crippen molar-refractivity contribution < 1.29 is 24.1 Å². The first-order valence-corrected chi connectivity index (χ1v) is 5.61. The van der Waals surface area contributed by atoms with Gasteiger partial charge in [-0.15, -0.1) is 0 Å². The Hall–Kier alpha value is -1.66. The lowest BCUT2D eigenvalue weighted by atomic mass is 10.0. The molecule has 98 valence electrons. The molecule has 1 aromatic rings. The number of morpholine rings is 1. The third-order valence-corrected chi connectivity index (χ3v) is 2.91. The van der Waals surface area contributed by atoms with Crippen molar-refractivity contribution in [2.24, 2.45) is 0 Å². The number of aliphatic hydroxyl groups excluding tert-OH is 1. The van der Waals surface area contributed by atoms with E-state index in [2.05, 4.69) is 0 Å². The summed E-state index contributed by atoms with van der Waals surface area (Å²) in [6, 6.07) is 5.57. The van der Waals surface area contributed by atoms with Crippen molar-refractivity contribution in [1.29, 1.82) is 0 Å². The molecule has 1 aliphatic heterocycles. The van der Waals surface area contributed by atoms with Crippen molar-refractivity contribution in [1.82, 2.24) is 4.90 Å². The van der Waals surface area contributed by atoms with Crippen LogP contribution in [0, 0.1) is 5.82 Å². The molecule has 0 bridgehead atoms. The van der Waals surface area contributed by atoms with Crippen LogP contribution in [0.25, 0.3) is 0 Å². The van der Waals surface area contributed by atoms with Crippen LogP contribution < -0.4 is 0 Å². The van der Waals surface area contributed by atoms with Gasteiger partial charge in [0.25, 0.3) is 0 Å². The Morgan fingerprint density at radius 3 is 3.00 bits per heavy atom. The molecule has 1 saturated heterocycles. The molecular formula is C12H14FNO4. The number of aliphatic hydroxyl groups is 1. The average molecular weight is 255 g/mol. The molecule has 1 fully saturated rings. The monoisotopic (exact) mass is 255 g/mol. The van der Waals surface area contributed by atoms with E-state index in [9.17, 15) is 14.3 Å². The predicted molar refractivity (Wildman–Crippen MR) is 60.7 cm³/mol. The first-order chi connectivity index (χ1) is 8.58. The first-order valence-electron chi connectivity index (χ1n) is 5.61. The minimum absolute atomic E-state index is 0.0764. The van der Waals surface area contributed by atoms with Crippen molar-refractivity contribution in [3.05, 3.63) is 35.6 Å². The second kappa shape index (κ2) is 5.32. The lowest BCUT2D eigenvalue weighted by Crippen LogP contribution is -2.47. The summed E-state index contributed by atoms with van der Waals surface area (Å²) in [5.74, 6) is -0.447. The van der Waals surface area contributed by atoms with Gasteiger partial charge in [0.05, 0.1) is 13.2 Å². The van der Waals surface area contributed by atoms with Gasteiger partial charge >= 0.3 is 6.09 Å². The summed E-state index contributed by atoms with van der Waals surface area (Å²) in [4.78, 5) is 12.0. The molecule has 18 heavy (non-hydrogen) atoms. The average Bonchev–Trinajstić information content (AvgIpc) is 2.38. The topological polar surface area (TPSA) is 70.0 Å². The number of carbonyl (C=O) groups is 1. The van der Waals surface area contributed by atoms with E-state index in [1.807, 2.05) is 0 Å². The quantitative estimate of drug-likeness (QED) is 0.834. The smallest absolute Gasteiger partial charge is 0.407 e. The van der Waals surface area contributed by atoms with Crippen LogP contribution >= 0.6 is 0 Å². The molecule has 0 spiro atoms. The highest BCUT2D eigenvalue weighted by Gasteiger charge is 2.30. The highest BCUT2D eigenvalue weighted by Crippen LogP contribution is 2.22. The minimum Gasteiger partial charge on any atom is -0.465 e. The van der Waals surface area contributed by atoms with Crippen LogP contribution in [0.15, 0.2) is 24.3 Å². The zero-order valence-corrected chi connectivity index (χ0v) is 9.62. The molecule has 0 radical (unpaired) electrons. The number of nitrogens with zero attached hydrogens (tertiary/aromatic N) is 1. The summed E-state index contributed by atoms with van der Waals surface area (Å²) in [5, 5.41) is 18.9. The Bertz CT molecular complexity index is 440. The van der Waals surface area contributed by atoms with Crippen LogP contribution in [0.1, 0.15) is 11.7 Å². The molecule has 0 aromatic heterocycles. The summed E-state index contributed by atoms with van der Waals surface area (Å²) >= 11 is 0. The Morgan fingerprint density at radius 1 is 1.56 bits per heavy atom. The van der Waals surface area contributed by atoms with E-state index in [-0.39, 0.29) is 19.7 Å². The van der Waals surface area contributed by atoms with E-state index in [1.165, 1.54) is 23.1 Å². The van der Waals surface area contributed by atoms with Crippen molar-refractivity contribution in [3.8, 4) is 0 Å². The van der Waals surface area contributed by atoms with Gasteiger partial charge in [-0.3, -0.25) is 0 Å². The first kappa shape index (κ1) is 12.8. The van der Waals surface area contributed by atoms with Gasteiger partial charge in [0.1, 0.15) is 18.0 Å². The number of carboxylic acid groups (broad SMARTS) is 1. The highest BCUT2D eigenvalue weighted by atomic mass is 19.1. The molecule has 5 nitrogen and oxygen atoms in total. The van der Waals surface area contributed by atoms with Gasteiger partial charge in [0, 0.05) is 6.54 Å². The van der Waals surface area contributed by atoms with Gasteiger partial charge in [0.15, 0.2) is 0 Å². The van der Waals surface area contributed by atoms with Gasteiger partial charge in [-0.2, -0.15) is 0 Å². The molecule has 0 saturated carbocycles. The fourth-order valence-corrected chi connectivity index (χ4v) is 1.95. The van der Waals surface area contributed by atoms with Crippen molar-refractivity contribution in [2.45, 2.75) is 12.2 Å². The second-order valence-electron chi connectivity index (χ2n) is 4.14. The predicted octanol–water partition coefficient (Wildman–Crippen LogP) is 1.24. The number of ether oxygens (including phenoxy) is 1. The highest BCUT2D eigenvalue weighted by molar-refractivity contribution is 5.65. The normalized spacial score (nSPS) is 21.7. The third-order valence-electron chi connectivity index (χ3n) is 2.91. The summed E-state index contributed by atoms with van der Waals surface area (Å²) in [6.45, 7) is 0.581. The largest absolute Gasteiger partial charge is 0.465 e. The molecule has 1 heterocycles. The van der Waals surface area contributed by atoms with Crippen LogP contribution in [0.3, 0.4) is 0 Å². The van der Waals surface area contributed by atoms with E-state index in [1.54, 1.807) is 6.07 Å². The molecule has 6 heteroatoms. The minimum atomic E-state index is -1.05. The van der Waals surface area contributed by atoms with Crippen molar-refractivity contribution in [2.75, 3.05) is 19.7 Å². The molecule has 1 aliphatic rings. The molecule has 1 amide bonds. The fourth-order valence-electron chi connectivity index (χ4n) is 1.95. The Labute approximate surface area is 103 Å². The van der Waals surface area contributed by atoms with E-state index < -0.39 is 24.1 Å². The number of benzene rings is 1. The molecule has 2 atom stereocenters.